The zero-order valence-electron chi connectivity index (χ0n) is 8.20. The summed E-state index contributed by atoms with van der Waals surface area (Å²) in [6.07, 6.45) is 5.01. The van der Waals surface area contributed by atoms with Gasteiger partial charge in [-0.25, -0.2) is 9.48 Å². The van der Waals surface area contributed by atoms with E-state index >= 15 is 0 Å². The number of hydrogen-bond donors (Lipinski definition) is 2. The molecule has 0 aromatic carbocycles. The first-order valence-corrected chi connectivity index (χ1v) is 5.17. The summed E-state index contributed by atoms with van der Waals surface area (Å²) in [5, 5.41) is 7.29. The summed E-state index contributed by atoms with van der Waals surface area (Å²) in [6, 6.07) is 0. The lowest BCUT2D eigenvalue weighted by atomic mass is 9.96. The molecule has 5 nitrogen and oxygen atoms in total. The quantitative estimate of drug-likeness (QED) is 0.713. The Bertz CT molecular complexity index is 324. The molecule has 2 rings (SSSR count). The van der Waals surface area contributed by atoms with Crippen LogP contribution in [0.3, 0.4) is 0 Å². The zero-order valence-corrected chi connectivity index (χ0v) is 8.20. The predicted octanol–water partition coefficient (Wildman–Crippen LogP) is -0.0389. The fourth-order valence-electron chi connectivity index (χ4n) is 1.92. The van der Waals surface area contributed by atoms with Crippen molar-refractivity contribution >= 4 is 0 Å². The van der Waals surface area contributed by atoms with Crippen LogP contribution in [0.2, 0.25) is 0 Å². The van der Waals surface area contributed by atoms with Crippen LogP contribution < -0.4 is 11.0 Å². The van der Waals surface area contributed by atoms with Crippen molar-refractivity contribution in [1.82, 2.24) is 20.1 Å². The Morgan fingerprint density at radius 2 is 2.57 bits per heavy atom. The van der Waals surface area contributed by atoms with E-state index in [0.29, 0.717) is 5.92 Å². The maximum Gasteiger partial charge on any atom is 0.343 e. The SMILES string of the molecule is O=c1[nH]cnn1CCC1CCCNC1. The van der Waals surface area contributed by atoms with Crippen LogP contribution in [0.15, 0.2) is 11.1 Å². The van der Waals surface area contributed by atoms with Crippen LogP contribution >= 0.6 is 0 Å². The minimum atomic E-state index is -0.103. The van der Waals surface area contributed by atoms with Gasteiger partial charge in [-0.1, -0.05) is 0 Å². The molecule has 1 atom stereocenters. The summed E-state index contributed by atoms with van der Waals surface area (Å²) in [4.78, 5) is 13.7. The highest BCUT2D eigenvalue weighted by Gasteiger charge is 2.13. The van der Waals surface area contributed by atoms with Gasteiger partial charge in [0.2, 0.25) is 0 Å². The molecule has 14 heavy (non-hydrogen) atoms. The maximum absolute atomic E-state index is 11.1. The maximum atomic E-state index is 11.1. The lowest BCUT2D eigenvalue weighted by Gasteiger charge is -2.22. The van der Waals surface area contributed by atoms with Gasteiger partial charge >= 0.3 is 5.69 Å². The fraction of sp³-hybridized carbons (Fsp3) is 0.778. The number of hydrogen-bond acceptors (Lipinski definition) is 3. The molecule has 2 N–H and O–H groups in total. The second-order valence-corrected chi connectivity index (χ2v) is 3.82. The Morgan fingerprint density at radius 3 is 3.21 bits per heavy atom. The molecule has 0 saturated carbocycles. The second-order valence-electron chi connectivity index (χ2n) is 3.82. The third-order valence-electron chi connectivity index (χ3n) is 2.77. The molecule has 1 aromatic heterocycles. The van der Waals surface area contributed by atoms with Crippen LogP contribution in [0.4, 0.5) is 0 Å². The van der Waals surface area contributed by atoms with Gasteiger partial charge in [-0.3, -0.25) is 4.98 Å². The minimum absolute atomic E-state index is 0.103. The largest absolute Gasteiger partial charge is 0.343 e. The standard InChI is InChI=1S/C9H16N4O/c14-9-11-7-12-13(9)5-3-8-2-1-4-10-6-8/h7-8,10H,1-6H2,(H,11,12,14). The number of aromatic nitrogens is 3. The third kappa shape index (κ3) is 2.23. The molecule has 1 aromatic rings. The minimum Gasteiger partial charge on any atom is -0.316 e. The van der Waals surface area contributed by atoms with Gasteiger partial charge in [-0.15, -0.1) is 0 Å². The molecule has 0 radical (unpaired) electrons. The molecule has 0 amide bonds. The first kappa shape index (κ1) is 9.45. The van der Waals surface area contributed by atoms with Crippen molar-refractivity contribution < 1.29 is 0 Å². The number of aromatic amines is 1. The number of nitrogens with zero attached hydrogens (tertiary/aromatic N) is 2. The zero-order chi connectivity index (χ0) is 9.80. The Balaban J connectivity index is 1.82. The molecule has 0 aliphatic carbocycles. The summed E-state index contributed by atoms with van der Waals surface area (Å²) in [5.74, 6) is 0.701. The van der Waals surface area contributed by atoms with Gasteiger partial charge in [-0.2, -0.15) is 5.10 Å². The lowest BCUT2D eigenvalue weighted by molar-refractivity contribution is 0.334. The Labute approximate surface area is 82.5 Å². The number of piperidine rings is 1. The van der Waals surface area contributed by atoms with E-state index in [1.165, 1.54) is 23.9 Å². The topological polar surface area (TPSA) is 62.7 Å². The fourth-order valence-corrected chi connectivity index (χ4v) is 1.92. The highest BCUT2D eigenvalue weighted by Crippen LogP contribution is 2.13. The monoisotopic (exact) mass is 196 g/mol. The van der Waals surface area contributed by atoms with E-state index < -0.39 is 0 Å². The Hall–Kier alpha value is -1.10. The molecule has 0 spiro atoms. The molecule has 2 heterocycles. The van der Waals surface area contributed by atoms with Crippen LogP contribution in [-0.2, 0) is 6.54 Å². The lowest BCUT2D eigenvalue weighted by Crippen LogP contribution is -2.31. The summed E-state index contributed by atoms with van der Waals surface area (Å²) >= 11 is 0. The van der Waals surface area contributed by atoms with Crippen molar-refractivity contribution in [2.24, 2.45) is 5.92 Å². The van der Waals surface area contributed by atoms with Crippen molar-refractivity contribution in [2.75, 3.05) is 13.1 Å². The van der Waals surface area contributed by atoms with Crippen molar-refractivity contribution in [2.45, 2.75) is 25.8 Å². The first-order valence-electron chi connectivity index (χ1n) is 5.17. The smallest absolute Gasteiger partial charge is 0.316 e. The van der Waals surface area contributed by atoms with Gasteiger partial charge in [0, 0.05) is 6.54 Å². The van der Waals surface area contributed by atoms with Crippen LogP contribution in [-0.4, -0.2) is 27.9 Å². The predicted molar refractivity (Wildman–Crippen MR) is 53.1 cm³/mol. The van der Waals surface area contributed by atoms with Gasteiger partial charge < -0.3 is 5.32 Å². The van der Waals surface area contributed by atoms with Crippen molar-refractivity contribution in [3.63, 3.8) is 0 Å². The number of aryl methyl sites for hydroxylation is 1. The Morgan fingerprint density at radius 1 is 1.64 bits per heavy atom. The van der Waals surface area contributed by atoms with Gasteiger partial charge in [0.15, 0.2) is 0 Å². The first-order chi connectivity index (χ1) is 6.86. The van der Waals surface area contributed by atoms with Crippen molar-refractivity contribution in [1.29, 1.82) is 0 Å². The highest BCUT2D eigenvalue weighted by atomic mass is 16.1. The Kier molecular flexibility index (Phi) is 2.98. The molecule has 0 bridgehead atoms. The van der Waals surface area contributed by atoms with Crippen molar-refractivity contribution in [3.8, 4) is 0 Å². The van der Waals surface area contributed by atoms with Gasteiger partial charge in [0.25, 0.3) is 0 Å². The average Bonchev–Trinajstić information content (AvgIpc) is 2.63. The second kappa shape index (κ2) is 4.41. The molecule has 5 heteroatoms. The van der Waals surface area contributed by atoms with E-state index in [1.54, 1.807) is 0 Å². The number of H-pyrrole nitrogens is 1. The molecule has 1 saturated heterocycles. The molecular weight excluding hydrogens is 180 g/mol. The van der Waals surface area contributed by atoms with Gasteiger partial charge in [-0.05, 0) is 38.3 Å². The molecular formula is C9H16N4O. The van der Waals surface area contributed by atoms with E-state index in [1.807, 2.05) is 0 Å². The highest BCUT2D eigenvalue weighted by molar-refractivity contribution is 4.69. The van der Waals surface area contributed by atoms with E-state index in [-0.39, 0.29) is 5.69 Å². The van der Waals surface area contributed by atoms with E-state index in [4.69, 9.17) is 0 Å². The summed E-state index contributed by atoms with van der Waals surface area (Å²) in [7, 11) is 0. The van der Waals surface area contributed by atoms with Crippen LogP contribution in [0.5, 0.6) is 0 Å². The van der Waals surface area contributed by atoms with Crippen LogP contribution in [0.1, 0.15) is 19.3 Å². The molecule has 78 valence electrons. The van der Waals surface area contributed by atoms with Gasteiger partial charge in [0.05, 0.1) is 0 Å². The number of nitrogens with one attached hydrogen (secondary N) is 2. The molecule has 1 unspecified atom stereocenters. The van der Waals surface area contributed by atoms with E-state index in [0.717, 1.165) is 26.1 Å². The van der Waals surface area contributed by atoms with E-state index in [9.17, 15) is 4.79 Å². The third-order valence-corrected chi connectivity index (χ3v) is 2.77. The van der Waals surface area contributed by atoms with Gasteiger partial charge in [0.1, 0.15) is 6.33 Å². The molecule has 1 fully saturated rings. The molecule has 1 aliphatic heterocycles. The van der Waals surface area contributed by atoms with E-state index in [2.05, 4.69) is 15.4 Å². The van der Waals surface area contributed by atoms with Crippen LogP contribution in [0.25, 0.3) is 0 Å². The normalized spacial score (nSPS) is 22.4. The summed E-state index contributed by atoms with van der Waals surface area (Å²) in [6.45, 7) is 2.95. The van der Waals surface area contributed by atoms with Crippen LogP contribution in [0, 0.1) is 5.92 Å². The average molecular weight is 196 g/mol. The number of rotatable bonds is 3. The summed E-state index contributed by atoms with van der Waals surface area (Å²) in [5.41, 5.74) is -0.103. The molecule has 1 aliphatic rings. The van der Waals surface area contributed by atoms with Crippen molar-refractivity contribution in [3.05, 3.63) is 16.8 Å². The summed E-state index contributed by atoms with van der Waals surface area (Å²) < 4.78 is 1.49.